The van der Waals surface area contributed by atoms with Crippen LogP contribution in [-0.2, 0) is 6.54 Å². The van der Waals surface area contributed by atoms with Gasteiger partial charge in [-0.15, -0.1) is 12.4 Å². The maximum atomic E-state index is 10.7. The topological polar surface area (TPSA) is 61.0 Å². The van der Waals surface area contributed by atoms with Crippen LogP contribution in [0.25, 0.3) is 0 Å². The molecule has 5 nitrogen and oxygen atoms in total. The summed E-state index contributed by atoms with van der Waals surface area (Å²) in [6, 6.07) is 16.6. The lowest BCUT2D eigenvalue weighted by atomic mass is 10.2. The van der Waals surface area contributed by atoms with E-state index in [4.69, 9.17) is 0 Å². The normalized spacial score (nSPS) is 10.1. The number of hydrogen-bond donors (Lipinski definition) is 0. The summed E-state index contributed by atoms with van der Waals surface area (Å²) in [6.07, 6.45) is 3.69. The first kappa shape index (κ1) is 17.1. The molecular weight excluding hydrogens is 334 g/mol. The van der Waals surface area contributed by atoms with Crippen LogP contribution in [-0.4, -0.2) is 14.5 Å². The minimum absolute atomic E-state index is 0. The average molecular weight is 348 g/mol. The number of aromatic nitrogens is 2. The van der Waals surface area contributed by atoms with Crippen molar-refractivity contribution in [1.82, 2.24) is 9.55 Å². The number of hydrogen-bond acceptors (Lipinski definition) is 4. The molecule has 0 atom stereocenters. The van der Waals surface area contributed by atoms with Gasteiger partial charge >= 0.3 is 0 Å². The van der Waals surface area contributed by atoms with Crippen molar-refractivity contribution in [2.45, 2.75) is 16.6 Å². The molecule has 1 aromatic heterocycles. The molecule has 2 aromatic carbocycles. The first-order valence-electron chi connectivity index (χ1n) is 6.70. The van der Waals surface area contributed by atoms with Crippen LogP contribution < -0.4 is 0 Å². The van der Waals surface area contributed by atoms with E-state index in [9.17, 15) is 10.1 Å². The number of benzene rings is 2. The fraction of sp³-hybridized carbons (Fsp3) is 0.0625. The van der Waals surface area contributed by atoms with Crippen LogP contribution in [0, 0.1) is 10.1 Å². The van der Waals surface area contributed by atoms with Crippen molar-refractivity contribution in [3.63, 3.8) is 0 Å². The Bertz CT molecular complexity index is 776. The van der Waals surface area contributed by atoms with Gasteiger partial charge in [-0.05, 0) is 17.7 Å². The van der Waals surface area contributed by atoms with E-state index in [0.717, 1.165) is 16.6 Å². The van der Waals surface area contributed by atoms with E-state index in [1.165, 1.54) is 29.5 Å². The number of halogens is 1. The molecule has 0 fully saturated rings. The summed E-state index contributed by atoms with van der Waals surface area (Å²) in [5.41, 5.74) is 1.29. The van der Waals surface area contributed by atoms with Crippen LogP contribution in [0.2, 0.25) is 0 Å². The van der Waals surface area contributed by atoms with E-state index in [1.54, 1.807) is 18.3 Å². The van der Waals surface area contributed by atoms with Crippen molar-refractivity contribution in [1.29, 1.82) is 0 Å². The minimum Gasteiger partial charge on any atom is -0.321 e. The number of non-ortho nitro benzene ring substituents is 1. The molecule has 0 N–H and O–H groups in total. The van der Waals surface area contributed by atoms with Gasteiger partial charge in [-0.2, -0.15) is 0 Å². The third kappa shape index (κ3) is 4.34. The predicted octanol–water partition coefficient (Wildman–Crippen LogP) is 4.41. The Labute approximate surface area is 143 Å². The Hall–Kier alpha value is -2.31. The van der Waals surface area contributed by atoms with Crippen LogP contribution in [0.5, 0.6) is 0 Å². The summed E-state index contributed by atoms with van der Waals surface area (Å²) in [6.45, 7) is 0.746. The second-order valence-corrected chi connectivity index (χ2v) is 5.72. The van der Waals surface area contributed by atoms with E-state index >= 15 is 0 Å². The van der Waals surface area contributed by atoms with Gasteiger partial charge in [0.05, 0.1) is 4.92 Å². The zero-order valence-corrected chi connectivity index (χ0v) is 13.7. The molecule has 0 saturated carbocycles. The lowest BCUT2D eigenvalue weighted by Gasteiger charge is -2.07. The van der Waals surface area contributed by atoms with Gasteiger partial charge in [0, 0.05) is 36.0 Å². The lowest BCUT2D eigenvalue weighted by Crippen LogP contribution is -1.99. The standard InChI is InChI=1S/C16H13N3O2S.ClH/c20-19(21)14-6-8-15(9-7-14)22-16-17-10-11-18(16)12-13-4-2-1-3-5-13;/h1-11H,12H2;1H. The van der Waals surface area contributed by atoms with Gasteiger partial charge < -0.3 is 4.57 Å². The van der Waals surface area contributed by atoms with Gasteiger partial charge in [0.1, 0.15) is 0 Å². The van der Waals surface area contributed by atoms with E-state index < -0.39 is 4.92 Å². The molecule has 0 aliphatic carbocycles. The fourth-order valence-corrected chi connectivity index (χ4v) is 2.88. The Morgan fingerprint density at radius 1 is 1.09 bits per heavy atom. The summed E-state index contributed by atoms with van der Waals surface area (Å²) >= 11 is 1.49. The number of nitro groups is 1. The van der Waals surface area contributed by atoms with Gasteiger partial charge in [-0.25, -0.2) is 4.98 Å². The maximum absolute atomic E-state index is 10.7. The summed E-state index contributed by atoms with van der Waals surface area (Å²) in [4.78, 5) is 15.6. The van der Waals surface area contributed by atoms with E-state index in [2.05, 4.69) is 21.7 Å². The first-order chi connectivity index (χ1) is 10.7. The molecule has 3 rings (SSSR count). The Balaban J connectivity index is 0.00000192. The first-order valence-corrected chi connectivity index (χ1v) is 7.51. The molecule has 0 unspecified atom stereocenters. The van der Waals surface area contributed by atoms with E-state index in [-0.39, 0.29) is 18.1 Å². The van der Waals surface area contributed by atoms with Crippen LogP contribution in [0.3, 0.4) is 0 Å². The lowest BCUT2D eigenvalue weighted by molar-refractivity contribution is -0.384. The SMILES string of the molecule is Cl.O=[N+]([O-])c1ccc(Sc2nccn2Cc2ccccc2)cc1. The molecule has 0 amide bonds. The molecule has 0 spiro atoms. The van der Waals surface area contributed by atoms with Gasteiger partial charge in [0.15, 0.2) is 5.16 Å². The van der Waals surface area contributed by atoms with Crippen LogP contribution in [0.1, 0.15) is 5.56 Å². The fourth-order valence-electron chi connectivity index (χ4n) is 2.04. The molecular formula is C16H14ClN3O2S. The molecule has 0 aliphatic rings. The van der Waals surface area contributed by atoms with Crippen molar-refractivity contribution in [2.24, 2.45) is 0 Å². The largest absolute Gasteiger partial charge is 0.321 e. The van der Waals surface area contributed by atoms with Crippen molar-refractivity contribution in [3.05, 3.63) is 82.7 Å². The number of imidazole rings is 1. The van der Waals surface area contributed by atoms with Crippen molar-refractivity contribution in [3.8, 4) is 0 Å². The van der Waals surface area contributed by atoms with Crippen LogP contribution in [0.4, 0.5) is 5.69 Å². The summed E-state index contributed by atoms with van der Waals surface area (Å²) < 4.78 is 2.06. The average Bonchev–Trinajstić information content (AvgIpc) is 2.96. The van der Waals surface area contributed by atoms with Crippen molar-refractivity contribution in [2.75, 3.05) is 0 Å². The predicted molar refractivity (Wildman–Crippen MR) is 92.2 cm³/mol. The zero-order valence-electron chi connectivity index (χ0n) is 12.0. The third-order valence-corrected chi connectivity index (χ3v) is 4.16. The Morgan fingerprint density at radius 3 is 2.43 bits per heavy atom. The Morgan fingerprint density at radius 2 is 1.78 bits per heavy atom. The van der Waals surface area contributed by atoms with E-state index in [1.807, 2.05) is 24.4 Å². The monoisotopic (exact) mass is 347 g/mol. The number of nitro benzene ring substituents is 1. The van der Waals surface area contributed by atoms with E-state index in [0.29, 0.717) is 0 Å². The minimum atomic E-state index is -0.398. The quantitative estimate of drug-likeness (QED) is 0.506. The van der Waals surface area contributed by atoms with Crippen molar-refractivity contribution >= 4 is 29.9 Å². The van der Waals surface area contributed by atoms with Crippen molar-refractivity contribution < 1.29 is 4.92 Å². The van der Waals surface area contributed by atoms with Gasteiger partial charge in [0.2, 0.25) is 0 Å². The third-order valence-electron chi connectivity index (χ3n) is 3.13. The second kappa shape index (κ2) is 7.80. The smallest absolute Gasteiger partial charge is 0.269 e. The van der Waals surface area contributed by atoms with Gasteiger partial charge in [0.25, 0.3) is 5.69 Å². The maximum Gasteiger partial charge on any atom is 0.269 e. The highest BCUT2D eigenvalue weighted by Crippen LogP contribution is 2.28. The molecule has 118 valence electrons. The molecule has 0 radical (unpaired) electrons. The molecule has 0 aliphatic heterocycles. The molecule has 3 aromatic rings. The second-order valence-electron chi connectivity index (χ2n) is 4.68. The molecule has 0 saturated heterocycles. The molecule has 0 bridgehead atoms. The van der Waals surface area contributed by atoms with Gasteiger partial charge in [-0.3, -0.25) is 10.1 Å². The number of rotatable bonds is 5. The highest BCUT2D eigenvalue weighted by Gasteiger charge is 2.08. The zero-order chi connectivity index (χ0) is 15.4. The van der Waals surface area contributed by atoms with Gasteiger partial charge in [-0.1, -0.05) is 42.1 Å². The summed E-state index contributed by atoms with van der Waals surface area (Å²) in [5.74, 6) is 0. The molecule has 23 heavy (non-hydrogen) atoms. The number of nitrogens with zero attached hydrogens (tertiary/aromatic N) is 3. The summed E-state index contributed by atoms with van der Waals surface area (Å²) in [5, 5.41) is 11.5. The molecule has 1 heterocycles. The highest BCUT2D eigenvalue weighted by molar-refractivity contribution is 7.99. The highest BCUT2D eigenvalue weighted by atomic mass is 35.5. The summed E-state index contributed by atoms with van der Waals surface area (Å²) in [7, 11) is 0. The van der Waals surface area contributed by atoms with Crippen LogP contribution in [0.15, 0.2) is 77.0 Å². The van der Waals surface area contributed by atoms with Crippen LogP contribution >= 0.6 is 24.2 Å². The Kier molecular flexibility index (Phi) is 5.78. The molecule has 7 heteroatoms.